The van der Waals surface area contributed by atoms with Crippen LogP contribution in [0.3, 0.4) is 0 Å². The normalized spacial score (nSPS) is 18.3. The zero-order chi connectivity index (χ0) is 15.7. The Morgan fingerprint density at radius 1 is 1.23 bits per heavy atom. The second-order valence-electron chi connectivity index (χ2n) is 5.97. The molecule has 1 aromatic rings. The second-order valence-corrected chi connectivity index (χ2v) is 5.97. The molecule has 0 atom stereocenters. The molecule has 5 nitrogen and oxygen atoms in total. The Labute approximate surface area is 129 Å². The van der Waals surface area contributed by atoms with Gasteiger partial charge in [0.15, 0.2) is 0 Å². The zero-order valence-corrected chi connectivity index (χ0v) is 12.6. The lowest BCUT2D eigenvalue weighted by molar-refractivity contribution is -0.139. The van der Waals surface area contributed by atoms with Crippen molar-refractivity contribution in [2.24, 2.45) is 5.92 Å². The Morgan fingerprint density at radius 2 is 1.91 bits per heavy atom. The average Bonchev–Trinajstić information content (AvgIpc) is 2.90. The van der Waals surface area contributed by atoms with E-state index in [1.54, 1.807) is 11.0 Å². The van der Waals surface area contributed by atoms with E-state index in [1.165, 1.54) is 19.1 Å². The highest BCUT2D eigenvalue weighted by molar-refractivity contribution is 5.97. The lowest BCUT2D eigenvalue weighted by atomic mass is 9.99. The SMILES string of the molecule is CC(=O)N1CC(C(=O)Nc2cc(F)ccc2N2CCCC2)C1. The van der Waals surface area contributed by atoms with Crippen LogP contribution in [0.5, 0.6) is 0 Å². The molecule has 0 saturated carbocycles. The van der Waals surface area contributed by atoms with Crippen LogP contribution in [0, 0.1) is 11.7 Å². The summed E-state index contributed by atoms with van der Waals surface area (Å²) in [6.07, 6.45) is 2.22. The number of hydrogen-bond donors (Lipinski definition) is 1. The van der Waals surface area contributed by atoms with Crippen molar-refractivity contribution in [2.75, 3.05) is 36.4 Å². The number of amides is 2. The van der Waals surface area contributed by atoms with Crippen molar-refractivity contribution >= 4 is 23.2 Å². The first-order valence-electron chi connectivity index (χ1n) is 7.65. The molecule has 0 aromatic heterocycles. The summed E-state index contributed by atoms with van der Waals surface area (Å²) in [6, 6.07) is 4.51. The Kier molecular flexibility index (Phi) is 4.00. The number of anilines is 2. The van der Waals surface area contributed by atoms with E-state index < -0.39 is 0 Å². The van der Waals surface area contributed by atoms with Crippen molar-refractivity contribution in [2.45, 2.75) is 19.8 Å². The van der Waals surface area contributed by atoms with E-state index in [0.29, 0.717) is 18.8 Å². The highest BCUT2D eigenvalue weighted by atomic mass is 19.1. The molecule has 0 radical (unpaired) electrons. The van der Waals surface area contributed by atoms with Gasteiger partial charge in [0, 0.05) is 33.1 Å². The van der Waals surface area contributed by atoms with Crippen LogP contribution in [0.15, 0.2) is 18.2 Å². The first kappa shape index (κ1) is 14.8. The summed E-state index contributed by atoms with van der Waals surface area (Å²) in [5.74, 6) is -0.744. The van der Waals surface area contributed by atoms with Gasteiger partial charge in [-0.25, -0.2) is 4.39 Å². The first-order chi connectivity index (χ1) is 10.5. The van der Waals surface area contributed by atoms with Crippen molar-refractivity contribution in [1.82, 2.24) is 4.90 Å². The van der Waals surface area contributed by atoms with Gasteiger partial charge in [-0.3, -0.25) is 9.59 Å². The van der Waals surface area contributed by atoms with Gasteiger partial charge in [0.1, 0.15) is 5.82 Å². The van der Waals surface area contributed by atoms with E-state index in [0.717, 1.165) is 31.6 Å². The topological polar surface area (TPSA) is 52.7 Å². The van der Waals surface area contributed by atoms with E-state index in [2.05, 4.69) is 10.2 Å². The van der Waals surface area contributed by atoms with Crippen molar-refractivity contribution < 1.29 is 14.0 Å². The molecule has 2 aliphatic heterocycles. The number of carbonyl (C=O) groups is 2. The Morgan fingerprint density at radius 3 is 2.55 bits per heavy atom. The molecule has 0 unspecified atom stereocenters. The quantitative estimate of drug-likeness (QED) is 0.927. The molecule has 22 heavy (non-hydrogen) atoms. The zero-order valence-electron chi connectivity index (χ0n) is 12.6. The fraction of sp³-hybridized carbons (Fsp3) is 0.500. The molecule has 0 spiro atoms. The van der Waals surface area contributed by atoms with E-state index in [-0.39, 0.29) is 23.5 Å². The molecule has 1 aromatic carbocycles. The molecule has 2 heterocycles. The Balaban J connectivity index is 1.70. The monoisotopic (exact) mass is 305 g/mol. The minimum Gasteiger partial charge on any atom is -0.370 e. The van der Waals surface area contributed by atoms with Gasteiger partial charge in [-0.2, -0.15) is 0 Å². The molecule has 118 valence electrons. The molecule has 2 fully saturated rings. The van der Waals surface area contributed by atoms with Crippen molar-refractivity contribution in [1.29, 1.82) is 0 Å². The van der Waals surface area contributed by atoms with Crippen LogP contribution < -0.4 is 10.2 Å². The van der Waals surface area contributed by atoms with Crippen LogP contribution in [0.2, 0.25) is 0 Å². The smallest absolute Gasteiger partial charge is 0.231 e. The molecule has 6 heteroatoms. The van der Waals surface area contributed by atoms with Gasteiger partial charge >= 0.3 is 0 Å². The highest BCUT2D eigenvalue weighted by Crippen LogP contribution is 2.30. The minimum atomic E-state index is -0.364. The van der Waals surface area contributed by atoms with Crippen molar-refractivity contribution in [3.8, 4) is 0 Å². The van der Waals surface area contributed by atoms with Crippen molar-refractivity contribution in [3.05, 3.63) is 24.0 Å². The highest BCUT2D eigenvalue weighted by Gasteiger charge is 2.34. The standard InChI is InChI=1S/C16H20FN3O2/c1-11(21)20-9-12(10-20)16(22)18-14-8-13(17)4-5-15(14)19-6-2-3-7-19/h4-5,8,12H,2-3,6-7,9-10H2,1H3,(H,18,22). The van der Waals surface area contributed by atoms with Crippen LogP contribution in [0.4, 0.5) is 15.8 Å². The van der Waals surface area contributed by atoms with Crippen LogP contribution >= 0.6 is 0 Å². The molecule has 2 aliphatic rings. The van der Waals surface area contributed by atoms with Crippen LogP contribution in [-0.2, 0) is 9.59 Å². The van der Waals surface area contributed by atoms with Crippen LogP contribution in [-0.4, -0.2) is 42.9 Å². The molecule has 2 amide bonds. The van der Waals surface area contributed by atoms with Gasteiger partial charge < -0.3 is 15.1 Å². The third-order valence-electron chi connectivity index (χ3n) is 4.36. The first-order valence-corrected chi connectivity index (χ1v) is 7.65. The van der Waals surface area contributed by atoms with Gasteiger partial charge in [0.05, 0.1) is 17.3 Å². The molecule has 3 rings (SSSR count). The second kappa shape index (κ2) is 5.94. The maximum absolute atomic E-state index is 13.5. The number of nitrogens with one attached hydrogen (secondary N) is 1. The summed E-state index contributed by atoms with van der Waals surface area (Å²) in [4.78, 5) is 27.2. The van der Waals surface area contributed by atoms with Crippen molar-refractivity contribution in [3.63, 3.8) is 0 Å². The lowest BCUT2D eigenvalue weighted by Gasteiger charge is -2.37. The molecular weight excluding hydrogens is 285 g/mol. The Bertz CT molecular complexity index is 593. The molecule has 2 saturated heterocycles. The maximum atomic E-state index is 13.5. The van der Waals surface area contributed by atoms with Gasteiger partial charge in [-0.1, -0.05) is 0 Å². The summed E-state index contributed by atoms with van der Waals surface area (Å²) in [6.45, 7) is 4.23. The largest absolute Gasteiger partial charge is 0.370 e. The van der Waals surface area contributed by atoms with E-state index in [1.807, 2.05) is 0 Å². The number of carbonyl (C=O) groups excluding carboxylic acids is 2. The number of rotatable bonds is 3. The summed E-state index contributed by atoms with van der Waals surface area (Å²) in [5.41, 5.74) is 1.39. The van der Waals surface area contributed by atoms with E-state index in [9.17, 15) is 14.0 Å². The molecule has 0 aliphatic carbocycles. The summed E-state index contributed by atoms with van der Waals surface area (Å²) in [7, 11) is 0. The third-order valence-corrected chi connectivity index (χ3v) is 4.36. The van der Waals surface area contributed by atoms with E-state index in [4.69, 9.17) is 0 Å². The fourth-order valence-electron chi connectivity index (χ4n) is 2.98. The predicted octanol–water partition coefficient (Wildman–Crippen LogP) is 1.84. The van der Waals surface area contributed by atoms with Gasteiger partial charge in [-0.15, -0.1) is 0 Å². The number of likely N-dealkylation sites (tertiary alicyclic amines) is 1. The Hall–Kier alpha value is -2.11. The summed E-state index contributed by atoms with van der Waals surface area (Å²) >= 11 is 0. The van der Waals surface area contributed by atoms with Gasteiger partial charge in [-0.05, 0) is 31.0 Å². The fourth-order valence-corrected chi connectivity index (χ4v) is 2.98. The lowest BCUT2D eigenvalue weighted by Crippen LogP contribution is -2.53. The number of hydrogen-bond acceptors (Lipinski definition) is 3. The summed E-state index contributed by atoms with van der Waals surface area (Å²) in [5, 5.41) is 2.83. The number of benzene rings is 1. The average molecular weight is 305 g/mol. The van der Waals surface area contributed by atoms with Crippen LogP contribution in [0.1, 0.15) is 19.8 Å². The molecule has 1 N–H and O–H groups in total. The third kappa shape index (κ3) is 2.91. The van der Waals surface area contributed by atoms with Gasteiger partial charge in [0.25, 0.3) is 0 Å². The van der Waals surface area contributed by atoms with Gasteiger partial charge in [0.2, 0.25) is 11.8 Å². The molecular formula is C16H20FN3O2. The maximum Gasteiger partial charge on any atom is 0.231 e. The van der Waals surface area contributed by atoms with Crippen LogP contribution in [0.25, 0.3) is 0 Å². The summed E-state index contributed by atoms with van der Waals surface area (Å²) < 4.78 is 13.5. The van der Waals surface area contributed by atoms with E-state index >= 15 is 0 Å². The number of nitrogens with zero attached hydrogens (tertiary/aromatic N) is 2. The number of halogens is 1. The minimum absolute atomic E-state index is 0.0208. The molecule has 0 bridgehead atoms. The predicted molar refractivity (Wildman–Crippen MR) is 82.2 cm³/mol.